The van der Waals surface area contributed by atoms with Crippen molar-refractivity contribution in [2.24, 2.45) is 11.3 Å². The predicted octanol–water partition coefficient (Wildman–Crippen LogP) is 5.45. The minimum Gasteiger partial charge on any atom is -0.480 e. The maximum absolute atomic E-state index is 13.6. The average molecular weight is 542 g/mol. The van der Waals surface area contributed by atoms with Gasteiger partial charge in [-0.2, -0.15) is 5.26 Å². The Morgan fingerprint density at radius 3 is 2.76 bits per heavy atom. The third kappa shape index (κ3) is 5.01. The van der Waals surface area contributed by atoms with Gasteiger partial charge in [0.25, 0.3) is 0 Å². The molecule has 8 nitrogen and oxygen atoms in total. The quantitative estimate of drug-likeness (QED) is 0.366. The fourth-order valence-electron chi connectivity index (χ4n) is 6.28. The van der Waals surface area contributed by atoms with Crippen LogP contribution in [0.3, 0.4) is 0 Å². The summed E-state index contributed by atoms with van der Waals surface area (Å²) in [6.45, 7) is 2.01. The molecule has 0 saturated heterocycles. The number of pyridine rings is 1. The van der Waals surface area contributed by atoms with Crippen LogP contribution in [0.2, 0.25) is 5.02 Å². The highest BCUT2D eigenvalue weighted by molar-refractivity contribution is 7.16. The van der Waals surface area contributed by atoms with Crippen molar-refractivity contribution in [3.63, 3.8) is 0 Å². The molecule has 2 aromatic heterocycles. The molecule has 4 fully saturated rings. The lowest BCUT2D eigenvalue weighted by Gasteiger charge is -2.67. The molecule has 4 aliphatic rings. The fourth-order valence-corrected chi connectivity index (χ4v) is 7.47. The Labute approximate surface area is 226 Å². The summed E-state index contributed by atoms with van der Waals surface area (Å²) in [5, 5.41) is 17.2. The highest BCUT2D eigenvalue weighted by atomic mass is 35.5. The van der Waals surface area contributed by atoms with Crippen molar-refractivity contribution in [2.75, 3.05) is 17.3 Å². The van der Waals surface area contributed by atoms with Crippen LogP contribution in [-0.4, -0.2) is 36.0 Å². The van der Waals surface area contributed by atoms with E-state index in [4.69, 9.17) is 16.3 Å². The molecule has 2 N–H and O–H groups in total. The number of amides is 2. The highest BCUT2D eigenvalue weighted by Gasteiger charge is 2.69. The smallest absolute Gasteiger partial charge is 0.243 e. The molecule has 2 amide bonds. The second-order valence-electron chi connectivity index (χ2n) is 10.9. The van der Waals surface area contributed by atoms with Gasteiger partial charge in [-0.15, -0.1) is 11.3 Å². The van der Waals surface area contributed by atoms with Crippen molar-refractivity contribution < 1.29 is 14.3 Å². The summed E-state index contributed by atoms with van der Waals surface area (Å²) < 4.78 is 5.34. The molecule has 2 aromatic rings. The van der Waals surface area contributed by atoms with Crippen LogP contribution in [0.15, 0.2) is 24.4 Å². The van der Waals surface area contributed by atoms with Gasteiger partial charge < -0.3 is 15.4 Å². The largest absolute Gasteiger partial charge is 0.480 e. The Hall–Kier alpha value is -2.83. The molecule has 0 unspecified atom stereocenters. The molecule has 0 spiro atoms. The summed E-state index contributed by atoms with van der Waals surface area (Å²) in [5.41, 5.74) is 0.168. The third-order valence-corrected chi connectivity index (χ3v) is 9.60. The summed E-state index contributed by atoms with van der Waals surface area (Å²) in [6.07, 6.45) is 9.63. The van der Waals surface area contributed by atoms with Crippen LogP contribution in [0.25, 0.3) is 0 Å². The molecule has 2 bridgehead atoms. The molecule has 6 rings (SSSR count). The van der Waals surface area contributed by atoms with Crippen LogP contribution >= 0.6 is 22.9 Å². The van der Waals surface area contributed by atoms with E-state index >= 15 is 0 Å². The Bertz CT molecular complexity index is 1200. The number of ether oxygens (including phenoxy) is 1. The van der Waals surface area contributed by atoms with E-state index in [-0.39, 0.29) is 22.9 Å². The molecule has 2 atom stereocenters. The molecule has 196 valence electrons. The zero-order valence-corrected chi connectivity index (χ0v) is 22.7. The van der Waals surface area contributed by atoms with Crippen molar-refractivity contribution in [1.82, 2.24) is 10.3 Å². The molecule has 0 aromatic carbocycles. The monoisotopic (exact) mass is 541 g/mol. The van der Waals surface area contributed by atoms with Gasteiger partial charge in [0.15, 0.2) is 0 Å². The van der Waals surface area contributed by atoms with Crippen molar-refractivity contribution in [3.05, 3.63) is 34.3 Å². The fraction of sp³-hybridized carbons (Fsp3) is 0.556. The van der Waals surface area contributed by atoms with Gasteiger partial charge in [-0.3, -0.25) is 14.5 Å². The van der Waals surface area contributed by atoms with Crippen molar-refractivity contribution >= 4 is 45.9 Å². The van der Waals surface area contributed by atoms with Gasteiger partial charge in [0.2, 0.25) is 18.2 Å². The maximum Gasteiger partial charge on any atom is 0.243 e. The van der Waals surface area contributed by atoms with Crippen molar-refractivity contribution in [3.8, 4) is 11.9 Å². The highest BCUT2D eigenvalue weighted by Crippen LogP contribution is 2.66. The molecule has 0 radical (unpaired) electrons. The van der Waals surface area contributed by atoms with Crippen LogP contribution < -0.4 is 20.3 Å². The number of halogens is 1. The molecule has 2 heterocycles. The lowest BCUT2D eigenvalue weighted by atomic mass is 9.40. The second-order valence-corrected chi connectivity index (χ2v) is 12.4. The zero-order chi connectivity index (χ0) is 26.2. The van der Waals surface area contributed by atoms with Crippen molar-refractivity contribution in [1.29, 1.82) is 5.26 Å². The van der Waals surface area contributed by atoms with E-state index in [1.54, 1.807) is 18.1 Å². The molecule has 10 heteroatoms. The van der Waals surface area contributed by atoms with Gasteiger partial charge in [0.1, 0.15) is 6.04 Å². The minimum atomic E-state index is -0.570. The third-order valence-electron chi connectivity index (χ3n) is 8.12. The number of carbonyl (C=O) groups is 2. The first-order chi connectivity index (χ1) is 17.8. The SMILES string of the molecule is COc1ncc(Cl)cc1N[C@H](C)c1ccc(N(C=O)[C@@H](CC2CCCC2)C(=O)NC23CC(C#N)(C2)C3)s1. The second kappa shape index (κ2) is 10.1. The normalized spacial score (nSPS) is 25.7. The standard InChI is InChI=1S/C27H32ClN5O3S/c1-17(31-20-10-19(28)11-30-25(20)36-2)22-7-8-23(37-22)33(16-34)21(9-18-5-3-4-6-18)24(35)32-27-12-26(13-27,14-27)15-29/h7-8,10-11,16-18,21,31H,3-6,9,12-14H2,1-2H3,(H,32,35)/t17-,21+,26?,27?/m1/s1. The van der Waals surface area contributed by atoms with E-state index in [9.17, 15) is 14.9 Å². The number of hydrogen-bond donors (Lipinski definition) is 2. The number of rotatable bonds is 11. The van der Waals surface area contributed by atoms with Crippen LogP contribution in [0, 0.1) is 22.7 Å². The van der Waals surface area contributed by atoms with Crippen LogP contribution in [0.1, 0.15) is 69.2 Å². The molecular weight excluding hydrogens is 510 g/mol. The molecule has 37 heavy (non-hydrogen) atoms. The number of nitrogens with one attached hydrogen (secondary N) is 2. The Morgan fingerprint density at radius 1 is 1.38 bits per heavy atom. The maximum atomic E-state index is 13.6. The van der Waals surface area contributed by atoms with E-state index in [0.29, 0.717) is 48.2 Å². The van der Waals surface area contributed by atoms with E-state index < -0.39 is 6.04 Å². The summed E-state index contributed by atoms with van der Waals surface area (Å²) in [7, 11) is 1.56. The topological polar surface area (TPSA) is 107 Å². The number of hydrogen-bond acceptors (Lipinski definition) is 7. The van der Waals surface area contributed by atoms with E-state index in [1.165, 1.54) is 30.4 Å². The van der Waals surface area contributed by atoms with Gasteiger partial charge in [0.05, 0.1) is 40.3 Å². The first-order valence-corrected chi connectivity index (χ1v) is 14.0. The summed E-state index contributed by atoms with van der Waals surface area (Å²) >= 11 is 7.61. The van der Waals surface area contributed by atoms with E-state index in [0.717, 1.165) is 29.1 Å². The molecule has 4 saturated carbocycles. The predicted molar refractivity (Wildman–Crippen MR) is 144 cm³/mol. The Balaban J connectivity index is 1.33. The zero-order valence-electron chi connectivity index (χ0n) is 21.1. The number of nitrogens with zero attached hydrogens (tertiary/aromatic N) is 3. The molecule has 4 aliphatic carbocycles. The Kier molecular flexibility index (Phi) is 7.08. The average Bonchev–Trinajstić information content (AvgIpc) is 3.53. The van der Waals surface area contributed by atoms with Crippen molar-refractivity contribution in [2.45, 2.75) is 75.9 Å². The number of aromatic nitrogens is 1. The Morgan fingerprint density at radius 2 is 2.11 bits per heavy atom. The van der Waals surface area contributed by atoms with Gasteiger partial charge >= 0.3 is 0 Å². The number of nitriles is 1. The van der Waals surface area contributed by atoms with Gasteiger partial charge in [-0.1, -0.05) is 37.3 Å². The van der Waals surface area contributed by atoms with E-state index in [1.807, 2.05) is 19.1 Å². The number of anilines is 2. The number of methoxy groups -OCH3 is 1. The lowest BCUT2D eigenvalue weighted by Crippen LogP contribution is -2.75. The first-order valence-electron chi connectivity index (χ1n) is 12.8. The number of carbonyl (C=O) groups excluding carboxylic acids is 2. The summed E-state index contributed by atoms with van der Waals surface area (Å²) in [6, 6.07) is 7.35. The first kappa shape index (κ1) is 25.8. The summed E-state index contributed by atoms with van der Waals surface area (Å²) in [4.78, 5) is 32.8. The van der Waals surface area contributed by atoms with Gasteiger partial charge in [0, 0.05) is 16.6 Å². The van der Waals surface area contributed by atoms with Gasteiger partial charge in [-0.05, 0) is 56.7 Å². The number of thiophene rings is 1. The van der Waals surface area contributed by atoms with E-state index in [2.05, 4.69) is 21.7 Å². The van der Waals surface area contributed by atoms with Crippen LogP contribution in [0.5, 0.6) is 5.88 Å². The summed E-state index contributed by atoms with van der Waals surface area (Å²) in [5.74, 6) is 0.767. The van der Waals surface area contributed by atoms with Gasteiger partial charge in [-0.25, -0.2) is 4.98 Å². The lowest BCUT2D eigenvalue weighted by molar-refractivity contribution is -0.146. The minimum absolute atomic E-state index is 0.105. The molecule has 0 aliphatic heterocycles. The van der Waals surface area contributed by atoms with Crippen LogP contribution in [-0.2, 0) is 9.59 Å². The molecular formula is C27H32ClN5O3S. The van der Waals surface area contributed by atoms with Crippen LogP contribution in [0.4, 0.5) is 10.7 Å².